The predicted octanol–water partition coefficient (Wildman–Crippen LogP) is 5.95. The van der Waals surface area contributed by atoms with Gasteiger partial charge in [0.2, 0.25) is 0 Å². The number of hydrogen-bond donors (Lipinski definition) is 0. The van der Waals surface area contributed by atoms with Crippen molar-refractivity contribution in [2.24, 2.45) is 0 Å². The van der Waals surface area contributed by atoms with E-state index in [0.29, 0.717) is 0 Å². The van der Waals surface area contributed by atoms with E-state index in [1.54, 1.807) is 23.9 Å². The van der Waals surface area contributed by atoms with Crippen LogP contribution in [0.25, 0.3) is 16.9 Å². The highest BCUT2D eigenvalue weighted by Crippen LogP contribution is 2.29. The fourth-order valence-electron chi connectivity index (χ4n) is 2.43. The summed E-state index contributed by atoms with van der Waals surface area (Å²) in [6.45, 7) is 0. The summed E-state index contributed by atoms with van der Waals surface area (Å²) in [6.07, 6.45) is 3.99. The number of pyridine rings is 1. The van der Waals surface area contributed by atoms with Gasteiger partial charge in [0.15, 0.2) is 0 Å². The molecule has 118 valence electrons. The largest absolute Gasteiger partial charge is 0.305 e. The highest BCUT2D eigenvalue weighted by atomic mass is 35.5. The van der Waals surface area contributed by atoms with Gasteiger partial charge in [-0.25, -0.2) is 9.37 Å². The van der Waals surface area contributed by atoms with Gasteiger partial charge >= 0.3 is 0 Å². The zero-order valence-corrected chi connectivity index (χ0v) is 14.1. The lowest BCUT2D eigenvalue weighted by atomic mass is 10.2. The maximum Gasteiger partial charge on any atom is 0.137 e. The Labute approximate surface area is 147 Å². The zero-order valence-electron chi connectivity index (χ0n) is 12.5. The molecule has 2 aromatic heterocycles. The number of aromatic nitrogens is 2. The molecule has 4 rings (SSSR count). The third-order valence-electron chi connectivity index (χ3n) is 3.61. The highest BCUT2D eigenvalue weighted by Gasteiger charge is 2.06. The van der Waals surface area contributed by atoms with E-state index < -0.39 is 0 Å². The number of rotatable bonds is 3. The third kappa shape index (κ3) is 3.16. The minimum absolute atomic E-state index is 0.246. The van der Waals surface area contributed by atoms with E-state index in [4.69, 9.17) is 11.6 Å². The van der Waals surface area contributed by atoms with Crippen molar-refractivity contribution in [1.82, 2.24) is 9.38 Å². The molecule has 0 aliphatic rings. The standard InChI is InChI=1S/C19H12ClFN2S/c20-14-3-7-16(8-4-14)24-17-9-10-19-22-18(12-23(19)11-17)13-1-5-15(21)6-2-13/h1-12H. The molecule has 0 aliphatic heterocycles. The van der Waals surface area contributed by atoms with Crippen LogP contribution < -0.4 is 0 Å². The van der Waals surface area contributed by atoms with Crippen LogP contribution in [0.4, 0.5) is 4.39 Å². The first-order valence-electron chi connectivity index (χ1n) is 7.35. The average Bonchev–Trinajstić information content (AvgIpc) is 3.01. The van der Waals surface area contributed by atoms with Gasteiger partial charge in [0.25, 0.3) is 0 Å². The number of nitrogens with zero attached hydrogens (tertiary/aromatic N) is 2. The quantitative estimate of drug-likeness (QED) is 0.452. The molecule has 0 amide bonds. The van der Waals surface area contributed by atoms with Gasteiger partial charge in [0, 0.05) is 32.8 Å². The molecule has 0 bridgehead atoms. The molecule has 5 heteroatoms. The van der Waals surface area contributed by atoms with Crippen molar-refractivity contribution in [2.45, 2.75) is 9.79 Å². The molecule has 0 N–H and O–H groups in total. The molecule has 0 unspecified atom stereocenters. The van der Waals surface area contributed by atoms with Crippen molar-refractivity contribution in [3.63, 3.8) is 0 Å². The smallest absolute Gasteiger partial charge is 0.137 e. The number of hydrogen-bond acceptors (Lipinski definition) is 2. The van der Waals surface area contributed by atoms with Gasteiger partial charge in [-0.1, -0.05) is 23.4 Å². The monoisotopic (exact) mass is 354 g/mol. The highest BCUT2D eigenvalue weighted by molar-refractivity contribution is 7.99. The molecule has 0 spiro atoms. The SMILES string of the molecule is Fc1ccc(-c2cn3cc(Sc4ccc(Cl)cc4)ccc3n2)cc1. The summed E-state index contributed by atoms with van der Waals surface area (Å²) in [6, 6.07) is 18.1. The number of fused-ring (bicyclic) bond motifs is 1. The number of benzene rings is 2. The summed E-state index contributed by atoms with van der Waals surface area (Å²) < 4.78 is 15.0. The first-order valence-corrected chi connectivity index (χ1v) is 8.55. The molecular weight excluding hydrogens is 343 g/mol. The van der Waals surface area contributed by atoms with Crippen LogP contribution >= 0.6 is 23.4 Å². The molecule has 2 nitrogen and oxygen atoms in total. The summed E-state index contributed by atoms with van der Waals surface area (Å²) in [5.74, 6) is -0.246. The minimum atomic E-state index is -0.246. The Kier molecular flexibility index (Phi) is 4.00. The maximum absolute atomic E-state index is 13.1. The van der Waals surface area contributed by atoms with Crippen molar-refractivity contribution >= 4 is 29.0 Å². The van der Waals surface area contributed by atoms with Crippen LogP contribution in [0.15, 0.2) is 82.8 Å². The molecule has 2 heterocycles. The Hall–Kier alpha value is -2.30. The normalized spacial score (nSPS) is 11.1. The van der Waals surface area contributed by atoms with Crippen molar-refractivity contribution in [3.05, 3.63) is 83.9 Å². The first kappa shape index (κ1) is 15.2. The average molecular weight is 355 g/mol. The summed E-state index contributed by atoms with van der Waals surface area (Å²) in [5, 5.41) is 0.730. The molecule has 0 saturated carbocycles. The molecule has 0 fully saturated rings. The summed E-state index contributed by atoms with van der Waals surface area (Å²) >= 11 is 7.58. The second kappa shape index (κ2) is 6.30. The van der Waals surface area contributed by atoms with Crippen LogP contribution in [0.5, 0.6) is 0 Å². The van der Waals surface area contributed by atoms with E-state index in [9.17, 15) is 4.39 Å². The van der Waals surface area contributed by atoms with Crippen LogP contribution in [0.3, 0.4) is 0 Å². The van der Waals surface area contributed by atoms with E-state index in [0.717, 1.165) is 31.7 Å². The number of imidazole rings is 1. The van der Waals surface area contributed by atoms with Crippen LogP contribution in [0, 0.1) is 5.82 Å². The third-order valence-corrected chi connectivity index (χ3v) is 4.85. The van der Waals surface area contributed by atoms with E-state index in [1.165, 1.54) is 12.1 Å². The second-order valence-corrected chi connectivity index (χ2v) is 6.90. The molecule has 0 aliphatic carbocycles. The van der Waals surface area contributed by atoms with Crippen LogP contribution in [-0.4, -0.2) is 9.38 Å². The lowest BCUT2D eigenvalue weighted by Gasteiger charge is -2.02. The van der Waals surface area contributed by atoms with Gasteiger partial charge in [-0.05, 0) is 60.7 Å². The van der Waals surface area contributed by atoms with Crippen molar-refractivity contribution in [3.8, 4) is 11.3 Å². The van der Waals surface area contributed by atoms with Crippen molar-refractivity contribution in [1.29, 1.82) is 0 Å². The molecule has 4 aromatic rings. The van der Waals surface area contributed by atoms with Gasteiger partial charge in [-0.15, -0.1) is 0 Å². The van der Waals surface area contributed by atoms with Crippen LogP contribution in [0.1, 0.15) is 0 Å². The van der Waals surface area contributed by atoms with E-state index in [-0.39, 0.29) is 5.82 Å². The Morgan fingerprint density at radius 1 is 0.833 bits per heavy atom. The number of halogens is 2. The van der Waals surface area contributed by atoms with Crippen molar-refractivity contribution in [2.75, 3.05) is 0 Å². The van der Waals surface area contributed by atoms with E-state index in [2.05, 4.69) is 4.98 Å². The Balaban J connectivity index is 1.65. The van der Waals surface area contributed by atoms with Gasteiger partial charge in [0.1, 0.15) is 11.5 Å². The molecule has 0 atom stereocenters. The predicted molar refractivity (Wildman–Crippen MR) is 96.2 cm³/mol. The van der Waals surface area contributed by atoms with E-state index in [1.807, 2.05) is 53.2 Å². The molecule has 0 saturated heterocycles. The first-order chi connectivity index (χ1) is 11.7. The zero-order chi connectivity index (χ0) is 16.5. The van der Waals surface area contributed by atoms with E-state index >= 15 is 0 Å². The minimum Gasteiger partial charge on any atom is -0.305 e. The molecular formula is C19H12ClFN2S. The lowest BCUT2D eigenvalue weighted by molar-refractivity contribution is 0.628. The van der Waals surface area contributed by atoms with Gasteiger partial charge in [0.05, 0.1) is 5.69 Å². The van der Waals surface area contributed by atoms with Gasteiger partial charge in [-0.3, -0.25) is 0 Å². The Bertz CT molecular complexity index is 994. The van der Waals surface area contributed by atoms with Crippen LogP contribution in [-0.2, 0) is 0 Å². The van der Waals surface area contributed by atoms with Gasteiger partial charge < -0.3 is 4.40 Å². The summed E-state index contributed by atoms with van der Waals surface area (Å²) in [7, 11) is 0. The van der Waals surface area contributed by atoms with Crippen molar-refractivity contribution < 1.29 is 4.39 Å². The summed E-state index contributed by atoms with van der Waals surface area (Å²) in [5.41, 5.74) is 2.57. The second-order valence-electron chi connectivity index (χ2n) is 5.32. The Morgan fingerprint density at radius 2 is 1.54 bits per heavy atom. The topological polar surface area (TPSA) is 17.3 Å². The fraction of sp³-hybridized carbons (Fsp3) is 0. The molecule has 0 radical (unpaired) electrons. The molecule has 2 aromatic carbocycles. The van der Waals surface area contributed by atoms with Crippen LogP contribution in [0.2, 0.25) is 5.02 Å². The maximum atomic E-state index is 13.1. The fourth-order valence-corrected chi connectivity index (χ4v) is 3.40. The summed E-state index contributed by atoms with van der Waals surface area (Å²) in [4.78, 5) is 6.81. The lowest BCUT2D eigenvalue weighted by Crippen LogP contribution is -1.83. The molecule has 24 heavy (non-hydrogen) atoms. The Morgan fingerprint density at radius 3 is 2.29 bits per heavy atom. The van der Waals surface area contributed by atoms with Gasteiger partial charge in [-0.2, -0.15) is 0 Å².